The zero-order valence-corrected chi connectivity index (χ0v) is 15.0. The number of hydrogen-bond acceptors (Lipinski definition) is 5. The van der Waals surface area contributed by atoms with Gasteiger partial charge in [-0.2, -0.15) is 4.98 Å². The van der Waals surface area contributed by atoms with Crippen LogP contribution in [0.1, 0.15) is 24.1 Å². The smallest absolute Gasteiger partial charge is 0.224 e. The van der Waals surface area contributed by atoms with Crippen LogP contribution in [-0.4, -0.2) is 48.6 Å². The molecule has 0 aliphatic rings. The van der Waals surface area contributed by atoms with Gasteiger partial charge in [0.05, 0.1) is 0 Å². The fourth-order valence-corrected chi connectivity index (χ4v) is 2.49. The number of nitrogens with zero attached hydrogens (tertiary/aromatic N) is 3. The maximum Gasteiger partial charge on any atom is 0.224 e. The van der Waals surface area contributed by atoms with Crippen LogP contribution in [0.5, 0.6) is 0 Å². The van der Waals surface area contributed by atoms with E-state index in [1.165, 1.54) is 5.56 Å². The summed E-state index contributed by atoms with van der Waals surface area (Å²) in [6, 6.07) is 12.6. The molecule has 2 aromatic rings. The largest absolute Gasteiger partial charge is 0.370 e. The van der Waals surface area contributed by atoms with Crippen molar-refractivity contribution in [2.75, 3.05) is 44.4 Å². The van der Waals surface area contributed by atoms with Crippen LogP contribution in [0, 0.1) is 6.92 Å². The van der Waals surface area contributed by atoms with Gasteiger partial charge in [0.25, 0.3) is 0 Å². The fraction of sp³-hybridized carbons (Fsp3) is 0.474. The summed E-state index contributed by atoms with van der Waals surface area (Å²) in [5.74, 6) is 1.60. The van der Waals surface area contributed by atoms with Gasteiger partial charge in [-0.1, -0.05) is 30.3 Å². The van der Waals surface area contributed by atoms with Gasteiger partial charge in [-0.05, 0) is 52.4 Å². The molecule has 0 unspecified atom stereocenters. The molecule has 1 aromatic carbocycles. The van der Waals surface area contributed by atoms with Crippen LogP contribution in [0.2, 0.25) is 0 Å². The summed E-state index contributed by atoms with van der Waals surface area (Å²) in [4.78, 5) is 11.2. The minimum absolute atomic E-state index is 0.708. The molecule has 2 N–H and O–H groups in total. The van der Waals surface area contributed by atoms with E-state index in [0.29, 0.717) is 5.95 Å². The zero-order chi connectivity index (χ0) is 17.2. The molecule has 5 nitrogen and oxygen atoms in total. The Balaban J connectivity index is 1.75. The molecule has 0 saturated carbocycles. The molecule has 0 aliphatic heterocycles. The topological polar surface area (TPSA) is 53.1 Å². The van der Waals surface area contributed by atoms with Crippen LogP contribution in [0.4, 0.5) is 11.8 Å². The molecule has 0 fully saturated rings. The summed E-state index contributed by atoms with van der Waals surface area (Å²) < 4.78 is 0. The van der Waals surface area contributed by atoms with Crippen LogP contribution in [-0.2, 0) is 6.42 Å². The fourth-order valence-electron chi connectivity index (χ4n) is 2.49. The first-order chi connectivity index (χ1) is 11.6. The number of rotatable bonds is 10. The monoisotopic (exact) mass is 327 g/mol. The van der Waals surface area contributed by atoms with E-state index in [1.54, 1.807) is 0 Å². The van der Waals surface area contributed by atoms with Crippen LogP contribution in [0.25, 0.3) is 0 Å². The van der Waals surface area contributed by atoms with Gasteiger partial charge in [0.2, 0.25) is 5.95 Å². The van der Waals surface area contributed by atoms with Crippen molar-refractivity contribution in [1.82, 2.24) is 14.9 Å². The first-order valence-electron chi connectivity index (χ1n) is 8.65. The molecule has 0 aliphatic carbocycles. The summed E-state index contributed by atoms with van der Waals surface area (Å²) >= 11 is 0. The number of benzene rings is 1. The minimum Gasteiger partial charge on any atom is -0.370 e. The second-order valence-electron chi connectivity index (χ2n) is 6.32. The van der Waals surface area contributed by atoms with Gasteiger partial charge in [-0.25, -0.2) is 4.98 Å². The molecule has 0 spiro atoms. The third kappa shape index (κ3) is 6.96. The van der Waals surface area contributed by atoms with Gasteiger partial charge in [0.15, 0.2) is 0 Å². The lowest BCUT2D eigenvalue weighted by atomic mass is 10.1. The summed E-state index contributed by atoms with van der Waals surface area (Å²) in [6.45, 7) is 4.85. The number of nitrogens with one attached hydrogen (secondary N) is 2. The molecule has 1 heterocycles. The quantitative estimate of drug-likeness (QED) is 0.656. The lowest BCUT2D eigenvalue weighted by molar-refractivity contribution is 0.405. The maximum absolute atomic E-state index is 4.55. The Hall–Kier alpha value is -2.14. The standard InChI is InChI=1S/C19H29N5/c1-16-15-18(20-12-7-11-17-9-5-4-6-10-17)23-19(22-16)21-13-8-14-24(2)3/h4-6,9-10,15H,7-8,11-14H2,1-3H3,(H2,20,21,22,23). The van der Waals surface area contributed by atoms with Gasteiger partial charge in [-0.3, -0.25) is 0 Å². The molecule has 130 valence electrons. The molecular weight excluding hydrogens is 298 g/mol. The van der Waals surface area contributed by atoms with Crippen molar-refractivity contribution in [2.45, 2.75) is 26.2 Å². The Labute approximate surface area is 145 Å². The SMILES string of the molecule is Cc1cc(NCCCc2ccccc2)nc(NCCCN(C)C)n1. The van der Waals surface area contributed by atoms with Crippen LogP contribution in [0.15, 0.2) is 36.4 Å². The highest BCUT2D eigenvalue weighted by Gasteiger charge is 2.02. The highest BCUT2D eigenvalue weighted by Crippen LogP contribution is 2.10. The van der Waals surface area contributed by atoms with E-state index in [4.69, 9.17) is 0 Å². The average Bonchev–Trinajstić information content (AvgIpc) is 2.56. The van der Waals surface area contributed by atoms with Gasteiger partial charge >= 0.3 is 0 Å². The predicted octanol–water partition coefficient (Wildman–Crippen LogP) is 3.19. The molecule has 2 rings (SSSR count). The van der Waals surface area contributed by atoms with Crippen molar-refractivity contribution < 1.29 is 0 Å². The molecule has 0 bridgehead atoms. The molecule has 0 radical (unpaired) electrons. The first-order valence-corrected chi connectivity index (χ1v) is 8.65. The molecule has 0 saturated heterocycles. The number of aryl methyl sites for hydroxylation is 2. The molecule has 1 aromatic heterocycles. The van der Waals surface area contributed by atoms with Crippen molar-refractivity contribution in [3.05, 3.63) is 47.7 Å². The number of anilines is 2. The lowest BCUT2D eigenvalue weighted by Crippen LogP contribution is -2.17. The van der Waals surface area contributed by atoms with Crippen molar-refractivity contribution in [3.8, 4) is 0 Å². The van der Waals surface area contributed by atoms with E-state index in [2.05, 4.69) is 69.9 Å². The van der Waals surface area contributed by atoms with Gasteiger partial charge in [0, 0.05) is 24.8 Å². The van der Waals surface area contributed by atoms with Crippen molar-refractivity contribution in [1.29, 1.82) is 0 Å². The van der Waals surface area contributed by atoms with Crippen LogP contribution >= 0.6 is 0 Å². The molecule has 0 amide bonds. The summed E-state index contributed by atoms with van der Waals surface area (Å²) in [5.41, 5.74) is 2.35. The third-order valence-electron chi connectivity index (χ3n) is 3.71. The summed E-state index contributed by atoms with van der Waals surface area (Å²) in [6.07, 6.45) is 3.23. The Bertz CT molecular complexity index is 598. The Morgan fingerprint density at radius 1 is 0.958 bits per heavy atom. The van der Waals surface area contributed by atoms with Crippen LogP contribution in [0.3, 0.4) is 0 Å². The molecule has 0 atom stereocenters. The normalized spacial score (nSPS) is 10.8. The highest BCUT2D eigenvalue weighted by molar-refractivity contribution is 5.42. The molecular formula is C19H29N5. The van der Waals surface area contributed by atoms with Gasteiger partial charge < -0.3 is 15.5 Å². The lowest BCUT2D eigenvalue weighted by Gasteiger charge is -2.11. The average molecular weight is 327 g/mol. The van der Waals surface area contributed by atoms with E-state index in [9.17, 15) is 0 Å². The number of aromatic nitrogens is 2. The number of hydrogen-bond donors (Lipinski definition) is 2. The molecule has 5 heteroatoms. The zero-order valence-electron chi connectivity index (χ0n) is 15.0. The first kappa shape index (κ1) is 18.2. The molecule has 24 heavy (non-hydrogen) atoms. The summed E-state index contributed by atoms with van der Waals surface area (Å²) in [5, 5.41) is 6.71. The van der Waals surface area contributed by atoms with E-state index < -0.39 is 0 Å². The van der Waals surface area contributed by atoms with Crippen molar-refractivity contribution in [2.24, 2.45) is 0 Å². The van der Waals surface area contributed by atoms with Gasteiger partial charge in [-0.15, -0.1) is 0 Å². The van der Waals surface area contributed by atoms with E-state index >= 15 is 0 Å². The van der Waals surface area contributed by atoms with Crippen LogP contribution < -0.4 is 10.6 Å². The van der Waals surface area contributed by atoms with E-state index in [0.717, 1.165) is 50.4 Å². The Morgan fingerprint density at radius 2 is 1.71 bits per heavy atom. The summed E-state index contributed by atoms with van der Waals surface area (Å²) in [7, 11) is 4.17. The highest BCUT2D eigenvalue weighted by atomic mass is 15.1. The van der Waals surface area contributed by atoms with E-state index in [-0.39, 0.29) is 0 Å². The van der Waals surface area contributed by atoms with E-state index in [1.807, 2.05) is 13.0 Å². The third-order valence-corrected chi connectivity index (χ3v) is 3.71. The van der Waals surface area contributed by atoms with Gasteiger partial charge in [0.1, 0.15) is 5.82 Å². The minimum atomic E-state index is 0.708. The second-order valence-corrected chi connectivity index (χ2v) is 6.32. The Morgan fingerprint density at radius 3 is 2.46 bits per heavy atom. The second kappa shape index (κ2) is 9.88. The predicted molar refractivity (Wildman–Crippen MR) is 102 cm³/mol. The van der Waals surface area contributed by atoms with Crippen molar-refractivity contribution in [3.63, 3.8) is 0 Å². The Kier molecular flexibility index (Phi) is 7.49. The van der Waals surface area contributed by atoms with Crippen molar-refractivity contribution >= 4 is 11.8 Å². The maximum atomic E-state index is 4.55.